The number of amides is 1. The van der Waals surface area contributed by atoms with Crippen LogP contribution in [0.4, 0.5) is 0 Å². The van der Waals surface area contributed by atoms with Gasteiger partial charge in [-0.05, 0) is 17.9 Å². The van der Waals surface area contributed by atoms with E-state index >= 15 is 0 Å². The zero-order chi connectivity index (χ0) is 13.8. The molecule has 0 bridgehead atoms. The van der Waals surface area contributed by atoms with Crippen LogP contribution in [0.25, 0.3) is 10.9 Å². The summed E-state index contributed by atoms with van der Waals surface area (Å²) < 4.78 is 0. The van der Waals surface area contributed by atoms with Crippen molar-refractivity contribution in [3.63, 3.8) is 0 Å². The predicted molar refractivity (Wildman–Crippen MR) is 77.2 cm³/mol. The van der Waals surface area contributed by atoms with Crippen LogP contribution in [0.2, 0.25) is 0 Å². The minimum absolute atomic E-state index is 0.232. The monoisotopic (exact) mass is 276 g/mol. The second-order valence-electron chi connectivity index (χ2n) is 3.95. The molecule has 0 radical (unpaired) electrons. The SMILES string of the molecule is CCSc1cc2ccccc2nc1C(=O)N(C)OC. The van der Waals surface area contributed by atoms with E-state index in [1.165, 1.54) is 12.2 Å². The van der Waals surface area contributed by atoms with Gasteiger partial charge in [0.2, 0.25) is 0 Å². The summed E-state index contributed by atoms with van der Waals surface area (Å²) in [4.78, 5) is 22.5. The van der Waals surface area contributed by atoms with Gasteiger partial charge in [-0.15, -0.1) is 11.8 Å². The number of nitrogens with zero attached hydrogens (tertiary/aromatic N) is 2. The first-order chi connectivity index (χ1) is 9.17. The second kappa shape index (κ2) is 6.04. The molecule has 100 valence electrons. The van der Waals surface area contributed by atoms with E-state index in [9.17, 15) is 4.79 Å². The highest BCUT2D eigenvalue weighted by Crippen LogP contribution is 2.26. The third kappa shape index (κ3) is 2.88. The minimum Gasteiger partial charge on any atom is -0.274 e. The fourth-order valence-corrected chi connectivity index (χ4v) is 2.54. The molecule has 4 nitrogen and oxygen atoms in total. The Morgan fingerprint density at radius 2 is 2.16 bits per heavy atom. The van der Waals surface area contributed by atoms with Crippen LogP contribution in [0.3, 0.4) is 0 Å². The van der Waals surface area contributed by atoms with Crippen molar-refractivity contribution in [3.8, 4) is 0 Å². The van der Waals surface area contributed by atoms with E-state index in [1.54, 1.807) is 18.8 Å². The van der Waals surface area contributed by atoms with Gasteiger partial charge in [0, 0.05) is 17.3 Å². The molecule has 0 aliphatic carbocycles. The molecule has 0 spiro atoms. The van der Waals surface area contributed by atoms with E-state index in [4.69, 9.17) is 4.84 Å². The zero-order valence-corrected chi connectivity index (χ0v) is 12.0. The van der Waals surface area contributed by atoms with Crippen molar-refractivity contribution in [1.82, 2.24) is 10.0 Å². The maximum atomic E-state index is 12.2. The molecule has 2 aromatic rings. The molecule has 0 unspecified atom stereocenters. The van der Waals surface area contributed by atoms with Crippen LogP contribution in [0.1, 0.15) is 17.4 Å². The molecule has 0 saturated heterocycles. The fourth-order valence-electron chi connectivity index (χ4n) is 1.75. The molecular formula is C14H16N2O2S. The van der Waals surface area contributed by atoms with E-state index in [2.05, 4.69) is 4.98 Å². The van der Waals surface area contributed by atoms with Gasteiger partial charge in [0.05, 0.1) is 12.6 Å². The Hall–Kier alpha value is -1.59. The van der Waals surface area contributed by atoms with Crippen LogP contribution in [-0.2, 0) is 4.84 Å². The number of aromatic nitrogens is 1. The van der Waals surface area contributed by atoms with Crippen molar-refractivity contribution < 1.29 is 9.63 Å². The third-order valence-electron chi connectivity index (χ3n) is 2.75. The maximum absolute atomic E-state index is 12.2. The summed E-state index contributed by atoms with van der Waals surface area (Å²) >= 11 is 1.61. The summed E-state index contributed by atoms with van der Waals surface area (Å²) in [6.07, 6.45) is 0. The standard InChI is InChI=1S/C14H16N2O2S/c1-4-19-12-9-10-7-5-6-8-11(10)15-13(12)14(17)16(2)18-3/h5-9H,4H2,1-3H3. The second-order valence-corrected chi connectivity index (χ2v) is 5.25. The number of hydrogen-bond acceptors (Lipinski definition) is 4. The van der Waals surface area contributed by atoms with E-state index in [-0.39, 0.29) is 5.91 Å². The number of rotatable bonds is 4. The average Bonchev–Trinajstić information content (AvgIpc) is 2.45. The van der Waals surface area contributed by atoms with Crippen LogP contribution in [0.15, 0.2) is 35.2 Å². The molecular weight excluding hydrogens is 260 g/mol. The van der Waals surface area contributed by atoms with Crippen LogP contribution in [-0.4, -0.2) is 35.9 Å². The molecule has 1 heterocycles. The molecule has 0 aliphatic heterocycles. The maximum Gasteiger partial charge on any atom is 0.296 e. The fraction of sp³-hybridized carbons (Fsp3) is 0.286. The summed E-state index contributed by atoms with van der Waals surface area (Å²) in [5.74, 6) is 0.654. The number of hydrogen-bond donors (Lipinski definition) is 0. The molecule has 0 saturated carbocycles. The first-order valence-electron chi connectivity index (χ1n) is 6.02. The zero-order valence-electron chi connectivity index (χ0n) is 11.2. The van der Waals surface area contributed by atoms with Crippen LogP contribution in [0, 0.1) is 0 Å². The Balaban J connectivity index is 2.56. The van der Waals surface area contributed by atoms with Crippen molar-refractivity contribution in [2.45, 2.75) is 11.8 Å². The van der Waals surface area contributed by atoms with Gasteiger partial charge in [-0.1, -0.05) is 25.1 Å². The average molecular weight is 276 g/mol. The number of carbonyl (C=O) groups is 1. The minimum atomic E-state index is -0.232. The van der Waals surface area contributed by atoms with Crippen molar-refractivity contribution in [2.75, 3.05) is 19.9 Å². The smallest absolute Gasteiger partial charge is 0.274 e. The molecule has 0 N–H and O–H groups in total. The normalized spacial score (nSPS) is 10.7. The Morgan fingerprint density at radius 1 is 1.42 bits per heavy atom. The van der Waals surface area contributed by atoms with E-state index in [1.807, 2.05) is 37.3 Å². The summed E-state index contributed by atoms with van der Waals surface area (Å²) in [5.41, 5.74) is 1.26. The summed E-state index contributed by atoms with van der Waals surface area (Å²) in [7, 11) is 3.05. The van der Waals surface area contributed by atoms with Gasteiger partial charge in [0.15, 0.2) is 0 Å². The number of para-hydroxylation sites is 1. The molecule has 2 rings (SSSR count). The first kappa shape index (κ1) is 13.8. The molecule has 0 atom stereocenters. The van der Waals surface area contributed by atoms with E-state index in [0.717, 1.165) is 21.6 Å². The topological polar surface area (TPSA) is 42.4 Å². The predicted octanol–water partition coefficient (Wildman–Crippen LogP) is 2.98. The van der Waals surface area contributed by atoms with Crippen molar-refractivity contribution in [3.05, 3.63) is 36.0 Å². The van der Waals surface area contributed by atoms with Crippen LogP contribution < -0.4 is 0 Å². The van der Waals surface area contributed by atoms with Gasteiger partial charge < -0.3 is 0 Å². The highest BCUT2D eigenvalue weighted by Gasteiger charge is 2.18. The third-order valence-corrected chi connectivity index (χ3v) is 3.66. The first-order valence-corrected chi connectivity index (χ1v) is 7.00. The summed E-state index contributed by atoms with van der Waals surface area (Å²) in [6, 6.07) is 9.78. The molecule has 19 heavy (non-hydrogen) atoms. The number of carbonyl (C=O) groups excluding carboxylic acids is 1. The summed E-state index contributed by atoms with van der Waals surface area (Å²) in [6.45, 7) is 2.05. The largest absolute Gasteiger partial charge is 0.296 e. The van der Waals surface area contributed by atoms with Gasteiger partial charge in [-0.3, -0.25) is 9.63 Å². The van der Waals surface area contributed by atoms with Crippen LogP contribution >= 0.6 is 11.8 Å². The molecule has 0 aliphatic rings. The van der Waals surface area contributed by atoms with Gasteiger partial charge in [0.25, 0.3) is 5.91 Å². The van der Waals surface area contributed by atoms with Crippen molar-refractivity contribution in [1.29, 1.82) is 0 Å². The van der Waals surface area contributed by atoms with Gasteiger partial charge >= 0.3 is 0 Å². The Labute approximate surface area is 116 Å². The quantitative estimate of drug-likeness (QED) is 0.636. The number of pyridine rings is 1. The van der Waals surface area contributed by atoms with Gasteiger partial charge in [-0.2, -0.15) is 0 Å². The highest BCUT2D eigenvalue weighted by molar-refractivity contribution is 7.99. The lowest BCUT2D eigenvalue weighted by molar-refractivity contribution is -0.0762. The van der Waals surface area contributed by atoms with Gasteiger partial charge in [-0.25, -0.2) is 10.0 Å². The number of hydroxylamine groups is 2. The highest BCUT2D eigenvalue weighted by atomic mass is 32.2. The van der Waals surface area contributed by atoms with E-state index < -0.39 is 0 Å². The van der Waals surface area contributed by atoms with E-state index in [0.29, 0.717) is 5.69 Å². The molecule has 1 aromatic heterocycles. The Kier molecular flexibility index (Phi) is 4.39. The Morgan fingerprint density at radius 3 is 2.84 bits per heavy atom. The number of thioether (sulfide) groups is 1. The number of benzene rings is 1. The molecule has 0 fully saturated rings. The lowest BCUT2D eigenvalue weighted by atomic mass is 10.2. The van der Waals surface area contributed by atoms with Crippen molar-refractivity contribution in [2.24, 2.45) is 0 Å². The molecule has 5 heteroatoms. The van der Waals surface area contributed by atoms with Gasteiger partial charge in [0.1, 0.15) is 5.69 Å². The Bertz CT molecular complexity index is 601. The molecule has 1 aromatic carbocycles. The molecule has 1 amide bonds. The lowest BCUT2D eigenvalue weighted by Crippen LogP contribution is -2.26. The summed E-state index contributed by atoms with van der Waals surface area (Å²) in [5, 5.41) is 2.23. The lowest BCUT2D eigenvalue weighted by Gasteiger charge is -2.15. The number of fused-ring (bicyclic) bond motifs is 1. The van der Waals surface area contributed by atoms with Crippen LogP contribution in [0.5, 0.6) is 0 Å². The van der Waals surface area contributed by atoms with Crippen molar-refractivity contribution >= 4 is 28.6 Å².